The smallest absolute Gasteiger partial charge is 0.416 e. The van der Waals surface area contributed by atoms with Crippen LogP contribution in [0.25, 0.3) is 0 Å². The Bertz CT molecular complexity index is 780. The van der Waals surface area contributed by atoms with E-state index in [9.17, 15) is 18.0 Å². The number of carbonyl (C=O) groups is 1. The highest BCUT2D eigenvalue weighted by Gasteiger charge is 2.30. The Morgan fingerprint density at radius 2 is 1.85 bits per heavy atom. The standard InChI is InChI=1S/C18H18F3N3O3/c19-18(20,21)15-6-4-5-13(9-15)17(14-10-22-12-23-11-14)24-27-8-3-1-2-7-16(25)26/h4-6,9-12H,1-3,7-8H2,(H,25,26)/b24-17+. The molecule has 0 bridgehead atoms. The molecule has 1 N–H and O–H groups in total. The summed E-state index contributed by atoms with van der Waals surface area (Å²) in [6.45, 7) is 0.218. The molecule has 0 aliphatic rings. The first kappa shape index (κ1) is 20.3. The molecule has 1 aromatic carbocycles. The predicted octanol–water partition coefficient (Wildman–Crippen LogP) is 3.91. The molecule has 0 fully saturated rings. The maximum absolute atomic E-state index is 13.0. The highest BCUT2D eigenvalue weighted by atomic mass is 19.4. The van der Waals surface area contributed by atoms with Gasteiger partial charge in [0, 0.05) is 29.9 Å². The van der Waals surface area contributed by atoms with Crippen LogP contribution in [-0.2, 0) is 15.8 Å². The van der Waals surface area contributed by atoms with Gasteiger partial charge in [0.25, 0.3) is 0 Å². The first-order valence-corrected chi connectivity index (χ1v) is 8.22. The molecule has 6 nitrogen and oxygen atoms in total. The van der Waals surface area contributed by atoms with E-state index in [0.717, 1.165) is 12.1 Å². The molecule has 0 aliphatic heterocycles. The van der Waals surface area contributed by atoms with Crippen LogP contribution in [0, 0.1) is 0 Å². The molecule has 0 saturated carbocycles. The molecule has 9 heteroatoms. The van der Waals surface area contributed by atoms with Crippen LogP contribution in [0.5, 0.6) is 0 Å². The Balaban J connectivity index is 2.12. The first-order chi connectivity index (χ1) is 12.9. The van der Waals surface area contributed by atoms with Gasteiger partial charge in [-0.25, -0.2) is 9.97 Å². The lowest BCUT2D eigenvalue weighted by Gasteiger charge is -2.10. The summed E-state index contributed by atoms with van der Waals surface area (Å²) in [5.41, 5.74) is 0.0404. The minimum atomic E-state index is -4.47. The minimum absolute atomic E-state index is 0.0834. The second kappa shape index (κ2) is 9.65. The number of hydrogen-bond acceptors (Lipinski definition) is 5. The van der Waals surface area contributed by atoms with Crippen LogP contribution in [-0.4, -0.2) is 33.4 Å². The van der Waals surface area contributed by atoms with E-state index in [4.69, 9.17) is 9.94 Å². The number of aliphatic carboxylic acids is 1. The van der Waals surface area contributed by atoms with Crippen LogP contribution in [0.3, 0.4) is 0 Å². The summed E-state index contributed by atoms with van der Waals surface area (Å²) in [7, 11) is 0. The molecule has 27 heavy (non-hydrogen) atoms. The Hall–Kier alpha value is -2.97. The monoisotopic (exact) mass is 381 g/mol. The average Bonchev–Trinajstić information content (AvgIpc) is 2.64. The molecule has 2 aromatic rings. The normalized spacial score (nSPS) is 12.0. The summed E-state index contributed by atoms with van der Waals surface area (Å²) in [4.78, 5) is 23.4. The van der Waals surface area contributed by atoms with Crippen molar-refractivity contribution >= 4 is 11.7 Å². The van der Waals surface area contributed by atoms with Gasteiger partial charge in [-0.15, -0.1) is 0 Å². The summed E-state index contributed by atoms with van der Waals surface area (Å²) in [5, 5.41) is 12.5. The third-order valence-electron chi connectivity index (χ3n) is 3.58. The van der Waals surface area contributed by atoms with Crippen molar-refractivity contribution in [2.45, 2.75) is 31.9 Å². The number of rotatable bonds is 9. The molecular weight excluding hydrogens is 363 g/mol. The Kier molecular flexibility index (Phi) is 7.27. The predicted molar refractivity (Wildman–Crippen MR) is 91.2 cm³/mol. The lowest BCUT2D eigenvalue weighted by molar-refractivity contribution is -0.138. The molecular formula is C18H18F3N3O3. The van der Waals surface area contributed by atoms with Gasteiger partial charge in [0.05, 0.1) is 5.56 Å². The lowest BCUT2D eigenvalue weighted by Crippen LogP contribution is -2.10. The molecule has 0 spiro atoms. The number of aromatic nitrogens is 2. The van der Waals surface area contributed by atoms with Crippen LogP contribution in [0.4, 0.5) is 13.2 Å². The van der Waals surface area contributed by atoms with Crippen LogP contribution < -0.4 is 0 Å². The van der Waals surface area contributed by atoms with Crippen LogP contribution in [0.15, 0.2) is 48.1 Å². The molecule has 0 aliphatic carbocycles. The van der Waals surface area contributed by atoms with E-state index in [1.807, 2.05) is 0 Å². The maximum Gasteiger partial charge on any atom is 0.416 e. The third kappa shape index (κ3) is 6.69. The van der Waals surface area contributed by atoms with Crippen LogP contribution in [0.1, 0.15) is 42.4 Å². The zero-order valence-corrected chi connectivity index (χ0v) is 14.3. The molecule has 0 atom stereocenters. The Morgan fingerprint density at radius 1 is 1.11 bits per heavy atom. The molecule has 1 aromatic heterocycles. The summed E-state index contributed by atoms with van der Waals surface area (Å²) >= 11 is 0. The quantitative estimate of drug-likeness (QED) is 0.404. The molecule has 0 radical (unpaired) electrons. The molecule has 144 valence electrons. The van der Waals surface area contributed by atoms with E-state index in [0.29, 0.717) is 24.8 Å². The zero-order valence-electron chi connectivity index (χ0n) is 14.3. The SMILES string of the molecule is O=C(O)CCCCCO/N=C(/c1cncnc1)c1cccc(C(F)(F)F)c1. The first-order valence-electron chi connectivity index (χ1n) is 8.22. The molecule has 1 heterocycles. The van der Waals surface area contributed by atoms with Gasteiger partial charge in [0.15, 0.2) is 0 Å². The highest BCUT2D eigenvalue weighted by Crippen LogP contribution is 2.30. The topological polar surface area (TPSA) is 84.7 Å². The fraction of sp³-hybridized carbons (Fsp3) is 0.333. The van der Waals surface area contributed by atoms with E-state index in [2.05, 4.69) is 15.1 Å². The number of oxime groups is 1. The number of carboxylic acids is 1. The number of halogens is 3. The fourth-order valence-electron chi connectivity index (χ4n) is 2.27. The lowest BCUT2D eigenvalue weighted by atomic mass is 10.0. The minimum Gasteiger partial charge on any atom is -0.481 e. The largest absolute Gasteiger partial charge is 0.481 e. The summed E-state index contributed by atoms with van der Waals surface area (Å²) in [6, 6.07) is 4.76. The van der Waals surface area contributed by atoms with Crippen molar-refractivity contribution in [2.75, 3.05) is 6.61 Å². The van der Waals surface area contributed by atoms with Gasteiger partial charge in [0.2, 0.25) is 0 Å². The van der Waals surface area contributed by atoms with Gasteiger partial charge in [-0.05, 0) is 31.4 Å². The second-order valence-corrected chi connectivity index (χ2v) is 5.68. The van der Waals surface area contributed by atoms with E-state index in [1.54, 1.807) is 0 Å². The number of unbranched alkanes of at least 4 members (excludes halogenated alkanes) is 2. The van der Waals surface area contributed by atoms with Crippen molar-refractivity contribution in [3.05, 3.63) is 59.7 Å². The van der Waals surface area contributed by atoms with E-state index in [1.165, 1.54) is 30.9 Å². The van der Waals surface area contributed by atoms with Crippen molar-refractivity contribution < 1.29 is 27.9 Å². The van der Waals surface area contributed by atoms with Gasteiger partial charge in [-0.1, -0.05) is 17.3 Å². The summed E-state index contributed by atoms with van der Waals surface area (Å²) < 4.78 is 38.9. The molecule has 0 amide bonds. The van der Waals surface area contributed by atoms with Crippen LogP contribution >= 0.6 is 0 Å². The number of alkyl halides is 3. The van der Waals surface area contributed by atoms with E-state index in [-0.39, 0.29) is 24.3 Å². The number of benzene rings is 1. The highest BCUT2D eigenvalue weighted by molar-refractivity contribution is 6.12. The van der Waals surface area contributed by atoms with Gasteiger partial charge < -0.3 is 9.94 Å². The average molecular weight is 381 g/mol. The van der Waals surface area contributed by atoms with Gasteiger partial charge in [-0.2, -0.15) is 13.2 Å². The van der Waals surface area contributed by atoms with Crippen molar-refractivity contribution in [1.29, 1.82) is 0 Å². The zero-order chi connectivity index (χ0) is 19.7. The second-order valence-electron chi connectivity index (χ2n) is 5.68. The van der Waals surface area contributed by atoms with Crippen molar-refractivity contribution in [3.63, 3.8) is 0 Å². The van der Waals surface area contributed by atoms with E-state index < -0.39 is 17.7 Å². The molecule has 0 saturated heterocycles. The number of hydrogen-bond donors (Lipinski definition) is 1. The number of nitrogens with zero attached hydrogens (tertiary/aromatic N) is 3. The number of carboxylic acid groups (broad SMARTS) is 1. The Labute approximate surface area is 153 Å². The maximum atomic E-state index is 13.0. The molecule has 0 unspecified atom stereocenters. The van der Waals surface area contributed by atoms with Gasteiger partial charge in [0.1, 0.15) is 18.6 Å². The van der Waals surface area contributed by atoms with Crippen LogP contribution in [0.2, 0.25) is 0 Å². The van der Waals surface area contributed by atoms with E-state index >= 15 is 0 Å². The summed E-state index contributed by atoms with van der Waals surface area (Å²) in [6.07, 6.45) is 1.53. The van der Waals surface area contributed by atoms with Gasteiger partial charge in [-0.3, -0.25) is 4.79 Å². The Morgan fingerprint density at radius 3 is 2.52 bits per heavy atom. The van der Waals surface area contributed by atoms with Crippen molar-refractivity contribution in [1.82, 2.24) is 9.97 Å². The van der Waals surface area contributed by atoms with Gasteiger partial charge >= 0.3 is 12.1 Å². The third-order valence-corrected chi connectivity index (χ3v) is 3.58. The van der Waals surface area contributed by atoms with Crippen molar-refractivity contribution in [2.24, 2.45) is 5.16 Å². The fourth-order valence-corrected chi connectivity index (χ4v) is 2.27. The molecule has 2 rings (SSSR count). The summed E-state index contributed by atoms with van der Waals surface area (Å²) in [5.74, 6) is -0.857. The van der Waals surface area contributed by atoms with Crippen molar-refractivity contribution in [3.8, 4) is 0 Å².